The molecule has 0 aliphatic rings. The molecule has 0 aromatic rings. The van der Waals surface area contributed by atoms with E-state index in [1.807, 2.05) is 0 Å². The zero-order valence-corrected chi connectivity index (χ0v) is 16.5. The van der Waals surface area contributed by atoms with E-state index in [-0.39, 0.29) is 10.6 Å². The Kier molecular flexibility index (Phi) is 15.5. The molecule has 0 radical (unpaired) electrons. The average Bonchev–Trinajstić information content (AvgIpc) is 2.51. The second-order valence-corrected chi connectivity index (χ2v) is 7.56. The van der Waals surface area contributed by atoms with Gasteiger partial charge in [-0.15, -0.1) is 0 Å². The van der Waals surface area contributed by atoms with Gasteiger partial charge in [0.15, 0.2) is 0 Å². The Morgan fingerprint density at radius 2 is 1.29 bits per heavy atom. The van der Waals surface area contributed by atoms with Crippen LogP contribution in [-0.4, -0.2) is 43.1 Å². The summed E-state index contributed by atoms with van der Waals surface area (Å²) in [6.45, 7) is 3.56. The van der Waals surface area contributed by atoms with Crippen LogP contribution in [0.15, 0.2) is 0 Å². The first-order valence-corrected chi connectivity index (χ1v) is 10.2. The number of carbonyl (C=O) groups excluding carboxylic acids is 1. The van der Waals surface area contributed by atoms with Crippen LogP contribution in [0.2, 0.25) is 0 Å². The Labute approximate surface area is 150 Å². The summed E-state index contributed by atoms with van der Waals surface area (Å²) in [5, 5.41) is 9.54. The van der Waals surface area contributed by atoms with Gasteiger partial charge >= 0.3 is 5.97 Å². The zero-order chi connectivity index (χ0) is 18.1. The number of unbranched alkanes of at least 4 members (excludes halogenated alkanes) is 11. The van der Waals surface area contributed by atoms with Gasteiger partial charge in [0.05, 0.1) is 20.7 Å². The van der Waals surface area contributed by atoms with E-state index in [2.05, 4.69) is 6.92 Å². The van der Waals surface area contributed by atoms with Gasteiger partial charge < -0.3 is 4.74 Å². The lowest BCUT2D eigenvalue weighted by atomic mass is 10.1. The maximum absolute atomic E-state index is 11.6. The molecule has 4 nitrogen and oxygen atoms in total. The lowest BCUT2D eigenvalue weighted by Gasteiger charge is -2.18. The van der Waals surface area contributed by atoms with Crippen LogP contribution in [-0.2, 0) is 9.53 Å². The highest BCUT2D eigenvalue weighted by atomic mass is 16.5. The summed E-state index contributed by atoms with van der Waals surface area (Å²) in [6, 6.07) is 0. The molecule has 0 rings (SSSR count). The molecule has 0 heterocycles. The zero-order valence-electron chi connectivity index (χ0n) is 16.5. The highest BCUT2D eigenvalue weighted by molar-refractivity contribution is 5.69. The third-order valence-electron chi connectivity index (χ3n) is 4.35. The number of hydroxylamine groups is 3. The largest absolute Gasteiger partial charge is 0.466 e. The van der Waals surface area contributed by atoms with E-state index in [1.165, 1.54) is 57.8 Å². The predicted molar refractivity (Wildman–Crippen MR) is 100 cm³/mol. The summed E-state index contributed by atoms with van der Waals surface area (Å²) < 4.78 is 5.27. The number of ether oxygens (including phenoxy) is 1. The number of rotatable bonds is 17. The molecule has 0 aliphatic carbocycles. The second kappa shape index (κ2) is 15.9. The molecular weight excluding hydrogens is 302 g/mol. The third-order valence-corrected chi connectivity index (χ3v) is 4.35. The fraction of sp³-hybridized carbons (Fsp3) is 0.950. The van der Waals surface area contributed by atoms with Crippen LogP contribution in [0.25, 0.3) is 0 Å². The van der Waals surface area contributed by atoms with E-state index in [4.69, 9.17) is 4.74 Å². The van der Waals surface area contributed by atoms with Crippen LogP contribution >= 0.6 is 0 Å². The van der Waals surface area contributed by atoms with Crippen molar-refractivity contribution >= 4 is 5.97 Å². The van der Waals surface area contributed by atoms with Crippen molar-refractivity contribution in [3.63, 3.8) is 0 Å². The molecule has 0 spiro atoms. The molecule has 1 N–H and O–H groups in total. The SMILES string of the molecule is CCCCCCCCCCCCOC(=O)CCCCC[N+](C)(C)O. The molecule has 144 valence electrons. The van der Waals surface area contributed by atoms with Crippen LogP contribution in [0.3, 0.4) is 0 Å². The summed E-state index contributed by atoms with van der Waals surface area (Å²) >= 11 is 0. The summed E-state index contributed by atoms with van der Waals surface area (Å²) in [4.78, 5) is 11.6. The lowest BCUT2D eigenvalue weighted by Crippen LogP contribution is -2.36. The van der Waals surface area contributed by atoms with Gasteiger partial charge in [-0.1, -0.05) is 64.7 Å². The van der Waals surface area contributed by atoms with E-state index in [0.29, 0.717) is 13.0 Å². The van der Waals surface area contributed by atoms with Crippen molar-refractivity contribution in [3.8, 4) is 0 Å². The molecule has 0 saturated heterocycles. The molecule has 0 atom stereocenters. The monoisotopic (exact) mass is 344 g/mol. The fourth-order valence-corrected chi connectivity index (χ4v) is 2.79. The molecule has 0 fully saturated rings. The minimum absolute atomic E-state index is 0.00316. The normalized spacial score (nSPS) is 11.7. The number of hydrogen-bond donors (Lipinski definition) is 1. The van der Waals surface area contributed by atoms with Gasteiger partial charge in [0.25, 0.3) is 0 Å². The Bertz CT molecular complexity index is 287. The van der Waals surface area contributed by atoms with Gasteiger partial charge in [-0.05, 0) is 25.7 Å². The van der Waals surface area contributed by atoms with Gasteiger partial charge in [0, 0.05) is 6.42 Å². The smallest absolute Gasteiger partial charge is 0.305 e. The van der Waals surface area contributed by atoms with Gasteiger partial charge in [-0.2, -0.15) is 4.65 Å². The first-order valence-electron chi connectivity index (χ1n) is 10.2. The van der Waals surface area contributed by atoms with Crippen molar-refractivity contribution in [1.82, 2.24) is 0 Å². The number of esters is 1. The number of nitrogens with zero attached hydrogens (tertiary/aromatic N) is 1. The molecule has 0 aliphatic heterocycles. The first-order chi connectivity index (χ1) is 11.5. The highest BCUT2D eigenvalue weighted by Gasteiger charge is 2.09. The van der Waals surface area contributed by atoms with Gasteiger partial charge in [0.2, 0.25) is 0 Å². The van der Waals surface area contributed by atoms with E-state index in [9.17, 15) is 10.0 Å². The topological polar surface area (TPSA) is 46.5 Å². The van der Waals surface area contributed by atoms with E-state index in [0.717, 1.165) is 32.2 Å². The molecule has 0 aromatic heterocycles. The molecular formula is C20H42NO3+. The van der Waals surface area contributed by atoms with Gasteiger partial charge in [0.1, 0.15) is 6.54 Å². The van der Waals surface area contributed by atoms with E-state index < -0.39 is 0 Å². The predicted octanol–water partition coefficient (Wildman–Crippen LogP) is 5.48. The van der Waals surface area contributed by atoms with Crippen LogP contribution in [0.5, 0.6) is 0 Å². The maximum Gasteiger partial charge on any atom is 0.305 e. The maximum atomic E-state index is 11.6. The molecule has 0 bridgehead atoms. The standard InChI is InChI=1S/C20H42NO3/c1-4-5-6-7-8-9-10-11-12-16-19-24-20(22)17-14-13-15-18-21(2,3)23/h23H,4-19H2,1-3H3/q+1. The van der Waals surface area contributed by atoms with E-state index in [1.54, 1.807) is 14.1 Å². The molecule has 0 amide bonds. The number of carbonyl (C=O) groups is 1. The van der Waals surface area contributed by atoms with Crippen molar-refractivity contribution < 1.29 is 19.4 Å². The number of hydrogen-bond acceptors (Lipinski definition) is 3. The quantitative estimate of drug-likeness (QED) is 0.164. The molecule has 0 unspecified atom stereocenters. The minimum Gasteiger partial charge on any atom is -0.466 e. The highest BCUT2D eigenvalue weighted by Crippen LogP contribution is 2.11. The van der Waals surface area contributed by atoms with Crippen molar-refractivity contribution in [2.24, 2.45) is 0 Å². The Hall–Kier alpha value is -0.610. The van der Waals surface area contributed by atoms with Crippen molar-refractivity contribution in [1.29, 1.82) is 0 Å². The van der Waals surface area contributed by atoms with Gasteiger partial charge in [-0.25, -0.2) is 5.21 Å². The Balaban J connectivity index is 3.21. The Morgan fingerprint density at radius 1 is 0.792 bits per heavy atom. The summed E-state index contributed by atoms with van der Waals surface area (Å²) in [5.41, 5.74) is 0. The molecule has 24 heavy (non-hydrogen) atoms. The second-order valence-electron chi connectivity index (χ2n) is 7.56. The minimum atomic E-state index is -0.0660. The summed E-state index contributed by atoms with van der Waals surface area (Å²) in [5.74, 6) is -0.0660. The number of quaternary nitrogens is 1. The first kappa shape index (κ1) is 23.4. The average molecular weight is 345 g/mol. The molecule has 0 saturated carbocycles. The van der Waals surface area contributed by atoms with Crippen LogP contribution in [0, 0.1) is 0 Å². The summed E-state index contributed by atoms with van der Waals surface area (Å²) in [7, 11) is 3.53. The van der Waals surface area contributed by atoms with Crippen molar-refractivity contribution in [2.75, 3.05) is 27.2 Å². The third kappa shape index (κ3) is 19.4. The van der Waals surface area contributed by atoms with Crippen molar-refractivity contribution in [2.45, 2.75) is 96.8 Å². The summed E-state index contributed by atoms with van der Waals surface area (Å²) in [6.07, 6.45) is 16.2. The molecule has 4 heteroatoms. The van der Waals surface area contributed by atoms with Crippen LogP contribution in [0.4, 0.5) is 0 Å². The van der Waals surface area contributed by atoms with Gasteiger partial charge in [-0.3, -0.25) is 4.79 Å². The lowest BCUT2D eigenvalue weighted by molar-refractivity contribution is -1.07. The van der Waals surface area contributed by atoms with E-state index >= 15 is 0 Å². The van der Waals surface area contributed by atoms with Crippen molar-refractivity contribution in [3.05, 3.63) is 0 Å². The molecule has 0 aromatic carbocycles. The van der Waals surface area contributed by atoms with Crippen LogP contribution < -0.4 is 0 Å². The van der Waals surface area contributed by atoms with Crippen LogP contribution in [0.1, 0.15) is 96.8 Å². The Morgan fingerprint density at radius 3 is 1.83 bits per heavy atom. The fourth-order valence-electron chi connectivity index (χ4n) is 2.79.